The fraction of sp³-hybridized carbons (Fsp3) is 0.167. The Morgan fingerprint density at radius 2 is 1.39 bits per heavy atom. The fourth-order valence-corrected chi connectivity index (χ4v) is 3.34. The summed E-state index contributed by atoms with van der Waals surface area (Å²) in [5, 5.41) is 9.92. The molecule has 0 aliphatic heterocycles. The van der Waals surface area contributed by atoms with E-state index in [1.54, 1.807) is 42.5 Å². The van der Waals surface area contributed by atoms with E-state index >= 15 is 0 Å². The number of hydrogen-bond acceptors (Lipinski definition) is 3. The third-order valence-corrected chi connectivity index (χ3v) is 5.18. The van der Waals surface area contributed by atoms with E-state index in [-0.39, 0.29) is 24.2 Å². The zero-order valence-electron chi connectivity index (χ0n) is 17.2. The first-order chi connectivity index (χ1) is 14.8. The molecule has 160 valence electrons. The monoisotopic (exact) mass is 455 g/mol. The van der Waals surface area contributed by atoms with Gasteiger partial charge in [0, 0.05) is 23.0 Å². The van der Waals surface area contributed by atoms with E-state index in [1.165, 1.54) is 0 Å². The second-order valence-electron chi connectivity index (χ2n) is 7.33. The topological polar surface area (TPSA) is 70.2 Å². The van der Waals surface area contributed by atoms with Gasteiger partial charge in [-0.25, -0.2) is 0 Å². The molecule has 0 saturated heterocycles. The van der Waals surface area contributed by atoms with Crippen molar-refractivity contribution in [1.82, 2.24) is 0 Å². The van der Waals surface area contributed by atoms with Gasteiger partial charge in [0.05, 0.1) is 22.2 Å². The lowest BCUT2D eigenvalue weighted by Gasteiger charge is -2.14. The number of rotatable bonds is 7. The number of benzene rings is 3. The molecule has 0 atom stereocenters. The Morgan fingerprint density at radius 3 is 2.00 bits per heavy atom. The normalized spacial score (nSPS) is 10.6. The molecule has 0 aliphatic rings. The Hall–Kier alpha value is -3.02. The van der Waals surface area contributed by atoms with Crippen molar-refractivity contribution >= 4 is 57.8 Å². The van der Waals surface area contributed by atoms with Gasteiger partial charge in [0.15, 0.2) is 0 Å². The summed E-state index contributed by atoms with van der Waals surface area (Å²) in [6.07, 6.45) is 0.164. The van der Waals surface area contributed by atoms with Crippen molar-refractivity contribution in [3.8, 4) is 0 Å². The van der Waals surface area contributed by atoms with Crippen molar-refractivity contribution in [2.75, 3.05) is 16.0 Å². The highest BCUT2D eigenvalue weighted by atomic mass is 35.5. The Balaban J connectivity index is 1.67. The first-order valence-corrected chi connectivity index (χ1v) is 10.6. The van der Waals surface area contributed by atoms with Gasteiger partial charge in [-0.05, 0) is 48.0 Å². The molecule has 3 rings (SSSR count). The molecule has 5 nitrogen and oxygen atoms in total. The molecule has 31 heavy (non-hydrogen) atoms. The van der Waals surface area contributed by atoms with Crippen molar-refractivity contribution in [3.63, 3.8) is 0 Å². The lowest BCUT2D eigenvalue weighted by molar-refractivity contribution is -0.119. The zero-order chi connectivity index (χ0) is 22.4. The van der Waals surface area contributed by atoms with E-state index in [0.717, 1.165) is 11.3 Å². The molecule has 0 saturated carbocycles. The van der Waals surface area contributed by atoms with Gasteiger partial charge in [-0.15, -0.1) is 0 Å². The molecule has 0 fully saturated rings. The summed E-state index contributed by atoms with van der Waals surface area (Å²) >= 11 is 12.5. The van der Waals surface area contributed by atoms with Crippen molar-refractivity contribution in [2.24, 2.45) is 5.92 Å². The summed E-state index contributed by atoms with van der Waals surface area (Å²) in [7, 11) is 0. The third kappa shape index (κ3) is 6.23. The highest BCUT2D eigenvalue weighted by Crippen LogP contribution is 2.33. The van der Waals surface area contributed by atoms with E-state index in [2.05, 4.69) is 16.0 Å². The molecule has 0 aliphatic carbocycles. The minimum absolute atomic E-state index is 0.0560. The van der Waals surface area contributed by atoms with Crippen molar-refractivity contribution in [1.29, 1.82) is 0 Å². The lowest BCUT2D eigenvalue weighted by atomic mass is 10.1. The summed E-state index contributed by atoms with van der Waals surface area (Å²) in [5.41, 5.74) is 3.48. The Kier molecular flexibility index (Phi) is 7.55. The van der Waals surface area contributed by atoms with Crippen LogP contribution in [0.25, 0.3) is 0 Å². The van der Waals surface area contributed by atoms with Gasteiger partial charge in [0.2, 0.25) is 11.8 Å². The summed E-state index contributed by atoms with van der Waals surface area (Å²) in [6, 6.07) is 19.8. The number of halogens is 2. The molecule has 0 spiro atoms. The molecular weight excluding hydrogens is 433 g/mol. The number of amides is 2. The molecule has 2 amide bonds. The quantitative estimate of drug-likeness (QED) is 0.380. The molecule has 0 aromatic heterocycles. The highest BCUT2D eigenvalue weighted by molar-refractivity contribution is 6.39. The predicted octanol–water partition coefficient (Wildman–Crippen LogP) is 6.51. The first kappa shape index (κ1) is 22.7. The summed E-state index contributed by atoms with van der Waals surface area (Å²) in [4.78, 5) is 24.4. The average molecular weight is 456 g/mol. The van der Waals surface area contributed by atoms with Gasteiger partial charge in [-0.3, -0.25) is 9.59 Å². The third-order valence-electron chi connectivity index (χ3n) is 4.55. The van der Waals surface area contributed by atoms with Gasteiger partial charge >= 0.3 is 0 Å². The molecule has 7 heteroatoms. The zero-order valence-corrected chi connectivity index (χ0v) is 18.7. The van der Waals surface area contributed by atoms with Crippen molar-refractivity contribution < 1.29 is 9.59 Å². The van der Waals surface area contributed by atoms with Crippen LogP contribution in [0.1, 0.15) is 19.4 Å². The number of carbonyl (C=O) groups excluding carboxylic acids is 2. The second kappa shape index (κ2) is 10.3. The Labute approximate surface area is 191 Å². The molecule has 3 aromatic carbocycles. The largest absolute Gasteiger partial charge is 0.353 e. The summed E-state index contributed by atoms with van der Waals surface area (Å²) < 4.78 is 0. The minimum Gasteiger partial charge on any atom is -0.353 e. The smallest absolute Gasteiger partial charge is 0.228 e. The maximum Gasteiger partial charge on any atom is 0.228 e. The van der Waals surface area contributed by atoms with Crippen LogP contribution in [0.4, 0.5) is 22.7 Å². The summed E-state index contributed by atoms with van der Waals surface area (Å²) in [6.45, 7) is 3.66. The maximum atomic E-state index is 12.6. The molecule has 0 radical (unpaired) electrons. The average Bonchev–Trinajstić information content (AvgIpc) is 2.73. The maximum absolute atomic E-state index is 12.6. The Bertz CT molecular complexity index is 1060. The van der Waals surface area contributed by atoms with Crippen LogP contribution >= 0.6 is 23.2 Å². The number of carbonyl (C=O) groups is 2. The van der Waals surface area contributed by atoms with Gasteiger partial charge < -0.3 is 16.0 Å². The predicted molar refractivity (Wildman–Crippen MR) is 128 cm³/mol. The molecule has 0 unspecified atom stereocenters. The van der Waals surface area contributed by atoms with Gasteiger partial charge in [-0.2, -0.15) is 0 Å². The SMILES string of the molecule is CC(C)C(=O)Nc1ccc(NC(=O)Cc2ccccc2Nc2c(Cl)cccc2Cl)cc1. The van der Waals surface area contributed by atoms with E-state index in [0.29, 0.717) is 27.1 Å². The van der Waals surface area contributed by atoms with Gasteiger partial charge in [0.1, 0.15) is 0 Å². The van der Waals surface area contributed by atoms with Crippen LogP contribution in [-0.4, -0.2) is 11.8 Å². The molecular formula is C24H23Cl2N3O2. The van der Waals surface area contributed by atoms with Crippen LogP contribution in [0, 0.1) is 5.92 Å². The number of nitrogens with one attached hydrogen (secondary N) is 3. The molecule has 0 heterocycles. The standard InChI is InChI=1S/C24H23Cl2N3O2/c1-15(2)24(31)28-18-12-10-17(11-13-18)27-22(30)14-16-6-3-4-9-21(16)29-23-19(25)7-5-8-20(23)26/h3-13,15,29H,14H2,1-2H3,(H,27,30)(H,28,31). The Morgan fingerprint density at radius 1 is 0.806 bits per heavy atom. The van der Waals surface area contributed by atoms with Crippen LogP contribution in [0.5, 0.6) is 0 Å². The van der Waals surface area contributed by atoms with Crippen LogP contribution in [0.2, 0.25) is 10.0 Å². The molecule has 3 aromatic rings. The summed E-state index contributed by atoms with van der Waals surface area (Å²) in [5.74, 6) is -0.327. The minimum atomic E-state index is -0.168. The number of hydrogen-bond donors (Lipinski definition) is 3. The van der Waals surface area contributed by atoms with E-state index < -0.39 is 0 Å². The highest BCUT2D eigenvalue weighted by Gasteiger charge is 2.12. The van der Waals surface area contributed by atoms with Crippen molar-refractivity contribution in [2.45, 2.75) is 20.3 Å². The van der Waals surface area contributed by atoms with Gasteiger partial charge in [0.25, 0.3) is 0 Å². The van der Waals surface area contributed by atoms with Crippen LogP contribution in [0.15, 0.2) is 66.7 Å². The van der Waals surface area contributed by atoms with Crippen LogP contribution < -0.4 is 16.0 Å². The second-order valence-corrected chi connectivity index (χ2v) is 8.14. The molecule has 0 bridgehead atoms. The molecule has 3 N–H and O–H groups in total. The van der Waals surface area contributed by atoms with E-state index in [4.69, 9.17) is 23.2 Å². The number of para-hydroxylation sites is 2. The fourth-order valence-electron chi connectivity index (χ4n) is 2.85. The van der Waals surface area contributed by atoms with E-state index in [9.17, 15) is 9.59 Å². The van der Waals surface area contributed by atoms with Gasteiger partial charge in [-0.1, -0.05) is 61.3 Å². The lowest BCUT2D eigenvalue weighted by Crippen LogP contribution is -2.18. The first-order valence-electron chi connectivity index (χ1n) is 9.83. The number of anilines is 4. The van der Waals surface area contributed by atoms with Crippen molar-refractivity contribution in [3.05, 3.63) is 82.3 Å². The van der Waals surface area contributed by atoms with Crippen LogP contribution in [0.3, 0.4) is 0 Å². The van der Waals surface area contributed by atoms with E-state index in [1.807, 2.05) is 38.1 Å². The van der Waals surface area contributed by atoms with Crippen LogP contribution in [-0.2, 0) is 16.0 Å².